The van der Waals surface area contributed by atoms with E-state index in [1.807, 2.05) is 37.5 Å². The lowest BCUT2D eigenvalue weighted by molar-refractivity contribution is -0.143. The summed E-state index contributed by atoms with van der Waals surface area (Å²) in [5.41, 5.74) is 3.26. The molecule has 7 nitrogen and oxygen atoms in total. The molecule has 0 spiro atoms. The Balaban J connectivity index is 1.95. The summed E-state index contributed by atoms with van der Waals surface area (Å²) in [5.74, 6) is 0.196. The van der Waals surface area contributed by atoms with Gasteiger partial charge in [0.15, 0.2) is 6.39 Å². The molecule has 0 radical (unpaired) electrons. The summed E-state index contributed by atoms with van der Waals surface area (Å²) in [5, 5.41) is 3.77. The average Bonchev–Trinajstić information content (AvgIpc) is 3.20. The Morgan fingerprint density at radius 2 is 2.23 bits per heavy atom. The van der Waals surface area contributed by atoms with Crippen LogP contribution in [0.1, 0.15) is 32.5 Å². The van der Waals surface area contributed by atoms with Gasteiger partial charge < -0.3 is 14.5 Å². The van der Waals surface area contributed by atoms with Gasteiger partial charge in [-0.1, -0.05) is 11.6 Å². The summed E-state index contributed by atoms with van der Waals surface area (Å²) in [6.07, 6.45) is 2.62. The number of anilines is 1. The lowest BCUT2D eigenvalue weighted by atomic mass is 10.00. The van der Waals surface area contributed by atoms with Crippen molar-refractivity contribution >= 4 is 34.6 Å². The van der Waals surface area contributed by atoms with Crippen molar-refractivity contribution in [1.82, 2.24) is 14.5 Å². The first-order chi connectivity index (χ1) is 12.5. The number of benzene rings is 1. The van der Waals surface area contributed by atoms with E-state index in [1.165, 1.54) is 12.7 Å². The Bertz CT molecular complexity index is 1020. The van der Waals surface area contributed by atoms with Crippen molar-refractivity contribution in [1.29, 1.82) is 0 Å². The molecule has 134 valence electrons. The van der Waals surface area contributed by atoms with Crippen molar-refractivity contribution in [2.45, 2.75) is 32.9 Å². The normalized spacial score (nSPS) is 16.7. The Hall–Kier alpha value is -2.80. The second-order valence-corrected chi connectivity index (χ2v) is 6.81. The molecule has 1 atom stereocenters. The maximum Gasteiger partial charge on any atom is 0.338 e. The van der Waals surface area contributed by atoms with Crippen LogP contribution in [0.3, 0.4) is 0 Å². The van der Waals surface area contributed by atoms with Crippen LogP contribution in [-0.4, -0.2) is 26.6 Å². The van der Waals surface area contributed by atoms with Gasteiger partial charge in [0.25, 0.3) is 0 Å². The fourth-order valence-electron chi connectivity index (χ4n) is 3.16. The van der Waals surface area contributed by atoms with Crippen molar-refractivity contribution in [3.8, 4) is 0 Å². The number of carbonyl (C=O) groups excluding carboxylic acids is 1. The third-order valence-corrected chi connectivity index (χ3v) is 4.42. The van der Waals surface area contributed by atoms with Gasteiger partial charge in [-0.15, -0.1) is 0 Å². The second-order valence-electron chi connectivity index (χ2n) is 6.37. The molecule has 2 aromatic heterocycles. The van der Waals surface area contributed by atoms with Gasteiger partial charge >= 0.3 is 5.97 Å². The zero-order valence-corrected chi connectivity index (χ0v) is 15.2. The minimum Gasteiger partial charge on any atom is -0.459 e. The van der Waals surface area contributed by atoms with Crippen molar-refractivity contribution in [3.05, 3.63) is 52.8 Å². The SMILES string of the molecule is CC1=C(C(=O)OC(C)C)C(c2cocn2)n2c(nc3ccc(Cl)cc32)N1. The quantitative estimate of drug-likeness (QED) is 0.702. The Morgan fingerprint density at radius 1 is 1.42 bits per heavy atom. The van der Waals surface area contributed by atoms with E-state index in [0.717, 1.165) is 11.0 Å². The molecule has 1 N–H and O–H groups in total. The van der Waals surface area contributed by atoms with Crippen molar-refractivity contribution < 1.29 is 13.9 Å². The molecule has 0 fully saturated rings. The predicted octanol–water partition coefficient (Wildman–Crippen LogP) is 3.92. The van der Waals surface area contributed by atoms with E-state index >= 15 is 0 Å². The van der Waals surface area contributed by atoms with Crippen LogP contribution in [0.4, 0.5) is 5.95 Å². The fraction of sp³-hybridized carbons (Fsp3) is 0.278. The number of allylic oxidation sites excluding steroid dienone is 1. The van der Waals surface area contributed by atoms with Crippen LogP contribution in [0, 0.1) is 0 Å². The number of rotatable bonds is 3. The predicted molar refractivity (Wildman–Crippen MR) is 96.9 cm³/mol. The molecule has 0 amide bonds. The lowest BCUT2D eigenvalue weighted by Crippen LogP contribution is -2.30. The number of oxazole rings is 1. The largest absolute Gasteiger partial charge is 0.459 e. The van der Waals surface area contributed by atoms with Crippen LogP contribution < -0.4 is 5.32 Å². The molecular weight excluding hydrogens is 356 g/mol. The number of halogens is 1. The molecule has 8 heteroatoms. The zero-order chi connectivity index (χ0) is 18.4. The first-order valence-corrected chi connectivity index (χ1v) is 8.58. The third kappa shape index (κ3) is 2.64. The Kier molecular flexibility index (Phi) is 3.96. The van der Waals surface area contributed by atoms with E-state index < -0.39 is 12.0 Å². The number of hydrogen-bond acceptors (Lipinski definition) is 6. The molecule has 1 unspecified atom stereocenters. The molecule has 26 heavy (non-hydrogen) atoms. The molecule has 0 saturated carbocycles. The highest BCUT2D eigenvalue weighted by molar-refractivity contribution is 6.31. The summed E-state index contributed by atoms with van der Waals surface area (Å²) in [7, 11) is 0. The Morgan fingerprint density at radius 3 is 2.92 bits per heavy atom. The van der Waals surface area contributed by atoms with Gasteiger partial charge in [0.2, 0.25) is 5.95 Å². The van der Waals surface area contributed by atoms with Crippen molar-refractivity contribution in [3.63, 3.8) is 0 Å². The van der Waals surface area contributed by atoms with Crippen LogP contribution in [0.2, 0.25) is 5.02 Å². The summed E-state index contributed by atoms with van der Waals surface area (Å²) >= 11 is 6.19. The topological polar surface area (TPSA) is 82.2 Å². The van der Waals surface area contributed by atoms with Crippen molar-refractivity contribution in [2.75, 3.05) is 5.32 Å². The standard InChI is InChI=1S/C18H17ClN4O3/c1-9(2)26-17(24)15-10(3)21-18-22-12-5-4-11(19)6-14(12)23(18)16(15)13-7-25-8-20-13/h4-9,16H,1-3H3,(H,21,22). The number of ether oxygens (including phenoxy) is 1. The number of imidazole rings is 1. The zero-order valence-electron chi connectivity index (χ0n) is 14.5. The first kappa shape index (κ1) is 16.7. The Labute approximate surface area is 154 Å². The van der Waals surface area contributed by atoms with Gasteiger partial charge in [0, 0.05) is 10.7 Å². The average molecular weight is 373 g/mol. The van der Waals surface area contributed by atoms with E-state index in [1.54, 1.807) is 6.07 Å². The highest BCUT2D eigenvalue weighted by Crippen LogP contribution is 2.39. The second kappa shape index (κ2) is 6.17. The molecule has 3 aromatic rings. The summed E-state index contributed by atoms with van der Waals surface area (Å²) in [6.45, 7) is 5.44. The van der Waals surface area contributed by atoms with Crippen LogP contribution in [0.25, 0.3) is 11.0 Å². The van der Waals surface area contributed by atoms with E-state index in [4.69, 9.17) is 20.8 Å². The number of nitrogens with zero attached hydrogens (tertiary/aromatic N) is 3. The van der Waals surface area contributed by atoms with Gasteiger partial charge in [-0.05, 0) is 39.0 Å². The molecule has 0 aliphatic carbocycles. The monoisotopic (exact) mass is 372 g/mol. The summed E-state index contributed by atoms with van der Waals surface area (Å²) < 4.78 is 12.5. The number of esters is 1. The van der Waals surface area contributed by atoms with Gasteiger partial charge in [-0.2, -0.15) is 0 Å². The van der Waals surface area contributed by atoms with Crippen LogP contribution in [0.15, 0.2) is 46.5 Å². The first-order valence-electron chi connectivity index (χ1n) is 8.20. The van der Waals surface area contributed by atoms with Gasteiger partial charge in [-0.25, -0.2) is 14.8 Å². The molecule has 0 bridgehead atoms. The smallest absolute Gasteiger partial charge is 0.338 e. The van der Waals surface area contributed by atoms with Crippen LogP contribution in [-0.2, 0) is 9.53 Å². The highest BCUT2D eigenvalue weighted by Gasteiger charge is 2.36. The molecular formula is C18H17ClN4O3. The summed E-state index contributed by atoms with van der Waals surface area (Å²) in [6, 6.07) is 4.90. The molecule has 3 heterocycles. The number of aromatic nitrogens is 3. The fourth-order valence-corrected chi connectivity index (χ4v) is 3.33. The minimum absolute atomic E-state index is 0.240. The van der Waals surface area contributed by atoms with Gasteiger partial charge in [0.05, 0.1) is 22.7 Å². The number of nitrogens with one attached hydrogen (secondary N) is 1. The molecule has 1 aromatic carbocycles. The van der Waals surface area contributed by atoms with Gasteiger partial charge in [0.1, 0.15) is 18.0 Å². The van der Waals surface area contributed by atoms with Crippen LogP contribution >= 0.6 is 11.6 Å². The maximum absolute atomic E-state index is 12.8. The molecule has 1 aliphatic heterocycles. The number of hydrogen-bond donors (Lipinski definition) is 1. The third-order valence-electron chi connectivity index (χ3n) is 4.18. The van der Waals surface area contributed by atoms with E-state index in [9.17, 15) is 4.79 Å². The molecule has 1 aliphatic rings. The maximum atomic E-state index is 12.8. The van der Waals surface area contributed by atoms with E-state index in [-0.39, 0.29) is 6.10 Å². The number of carbonyl (C=O) groups is 1. The van der Waals surface area contributed by atoms with Crippen molar-refractivity contribution in [2.24, 2.45) is 0 Å². The summed E-state index contributed by atoms with van der Waals surface area (Å²) in [4.78, 5) is 21.7. The lowest BCUT2D eigenvalue weighted by Gasteiger charge is -2.29. The van der Waals surface area contributed by atoms with Crippen LogP contribution in [0.5, 0.6) is 0 Å². The molecule has 0 saturated heterocycles. The highest BCUT2D eigenvalue weighted by atomic mass is 35.5. The van der Waals surface area contributed by atoms with E-state index in [2.05, 4.69) is 15.3 Å². The van der Waals surface area contributed by atoms with Gasteiger partial charge in [-0.3, -0.25) is 4.57 Å². The number of fused-ring (bicyclic) bond motifs is 3. The minimum atomic E-state index is -0.528. The molecule has 4 rings (SSSR count). The van der Waals surface area contributed by atoms with E-state index in [0.29, 0.717) is 27.9 Å².